The molecule has 0 unspecified atom stereocenters. The number of hydrogen-bond acceptors (Lipinski definition) is 9. The lowest BCUT2D eigenvalue weighted by atomic mass is 9.88. The zero-order chi connectivity index (χ0) is 40.3. The molecule has 1 aromatic carbocycles. The van der Waals surface area contributed by atoms with Crippen molar-refractivity contribution < 1.29 is 43.1 Å². The fraction of sp³-hybridized carbons (Fsp3) is 0.610. The Morgan fingerprint density at radius 1 is 0.815 bits per heavy atom. The summed E-state index contributed by atoms with van der Waals surface area (Å²) in [4.78, 5) is 103. The van der Waals surface area contributed by atoms with Crippen LogP contribution in [0, 0.1) is 11.8 Å². The highest BCUT2D eigenvalue weighted by Gasteiger charge is 2.29. The molecule has 1 aliphatic heterocycles. The number of hydrogen-bond donors (Lipinski definition) is 2. The molecule has 2 atom stereocenters. The number of imide groups is 1. The smallest absolute Gasteiger partial charge is 0.410 e. The van der Waals surface area contributed by atoms with Crippen LogP contribution in [0.25, 0.3) is 0 Å². The van der Waals surface area contributed by atoms with Crippen molar-refractivity contribution in [3.63, 3.8) is 0 Å². The summed E-state index contributed by atoms with van der Waals surface area (Å²) in [5, 5.41) is 5.51. The lowest BCUT2D eigenvalue weighted by molar-refractivity contribution is -0.137. The molecule has 0 radical (unpaired) electrons. The molecule has 5 amide bonds. The van der Waals surface area contributed by atoms with Crippen LogP contribution in [0.2, 0.25) is 0 Å². The van der Waals surface area contributed by atoms with Gasteiger partial charge in [-0.3, -0.25) is 38.5 Å². The standard InChI is InChI=1S/C41H60N4O9/c1-29(2)25-31(39(52)42-28-33(47)18-12-14-23-44(6)40(53)54-41(3,4)5)27-35(48)34(26-30-15-9-7-10-16-30)43-36(49)20-19-32(46)17-11-8-13-24-45-37(50)21-22-38(45)51/h7,9-10,15-16,21-22,29,31,34H,8,11-14,17-20,23-28H2,1-6H3,(H,42,52)(H,43,49)/t31-,34+/m1/s1. The summed E-state index contributed by atoms with van der Waals surface area (Å²) in [6.45, 7) is 9.82. The van der Waals surface area contributed by atoms with Crippen molar-refractivity contribution in [1.29, 1.82) is 0 Å². The van der Waals surface area contributed by atoms with Gasteiger partial charge in [-0.25, -0.2) is 4.79 Å². The molecule has 1 aliphatic rings. The molecule has 0 saturated heterocycles. The van der Waals surface area contributed by atoms with E-state index in [0.717, 1.165) is 5.56 Å². The van der Waals surface area contributed by atoms with Crippen LogP contribution in [0.3, 0.4) is 0 Å². The maximum absolute atomic E-state index is 13.7. The van der Waals surface area contributed by atoms with Crippen molar-refractivity contribution >= 4 is 47.1 Å². The van der Waals surface area contributed by atoms with E-state index in [2.05, 4.69) is 10.6 Å². The number of nitrogens with one attached hydrogen (secondary N) is 2. The van der Waals surface area contributed by atoms with E-state index in [1.54, 1.807) is 27.8 Å². The predicted octanol–water partition coefficient (Wildman–Crippen LogP) is 4.89. The molecule has 1 aromatic rings. The number of amides is 5. The Labute approximate surface area is 320 Å². The van der Waals surface area contributed by atoms with Gasteiger partial charge in [-0.1, -0.05) is 50.6 Å². The van der Waals surface area contributed by atoms with Gasteiger partial charge in [0.15, 0.2) is 11.6 Å². The second kappa shape index (κ2) is 23.2. The second-order valence-electron chi connectivity index (χ2n) is 15.4. The van der Waals surface area contributed by atoms with Gasteiger partial charge < -0.3 is 20.3 Å². The van der Waals surface area contributed by atoms with Crippen LogP contribution >= 0.6 is 0 Å². The number of unbranched alkanes of at least 4 members (excludes halogenated alkanes) is 3. The molecular weight excluding hydrogens is 692 g/mol. The SMILES string of the molecule is CC(C)C[C@H](CC(=O)[C@H](Cc1ccccc1)NC(=O)CCC(=O)CCCCCN1C(=O)C=CC1=O)C(=O)NCC(=O)CCCCN(C)C(=O)OC(C)(C)C. The third kappa shape index (κ3) is 18.4. The number of ether oxygens (including phenoxy) is 1. The quantitative estimate of drug-likeness (QED) is 0.104. The van der Waals surface area contributed by atoms with Gasteiger partial charge in [0.1, 0.15) is 11.4 Å². The number of rotatable bonds is 25. The lowest BCUT2D eigenvalue weighted by Crippen LogP contribution is -2.44. The highest BCUT2D eigenvalue weighted by molar-refractivity contribution is 6.12. The van der Waals surface area contributed by atoms with Crippen LogP contribution in [-0.4, -0.2) is 95.2 Å². The molecule has 0 spiro atoms. The summed E-state index contributed by atoms with van der Waals surface area (Å²) in [5.41, 5.74) is 0.230. The normalized spacial score (nSPS) is 13.8. The van der Waals surface area contributed by atoms with Crippen LogP contribution < -0.4 is 10.6 Å². The minimum absolute atomic E-state index is 0.0119. The predicted molar refractivity (Wildman–Crippen MR) is 204 cm³/mol. The first kappa shape index (κ1) is 45.5. The van der Waals surface area contributed by atoms with E-state index < -0.39 is 35.5 Å². The van der Waals surface area contributed by atoms with Gasteiger partial charge in [0.25, 0.3) is 11.8 Å². The van der Waals surface area contributed by atoms with Crippen molar-refractivity contribution in [2.24, 2.45) is 11.8 Å². The average molecular weight is 753 g/mol. The Morgan fingerprint density at radius 3 is 2.07 bits per heavy atom. The van der Waals surface area contributed by atoms with Gasteiger partial charge in [0, 0.05) is 70.3 Å². The van der Waals surface area contributed by atoms with Crippen molar-refractivity contribution in [2.75, 3.05) is 26.7 Å². The fourth-order valence-electron chi connectivity index (χ4n) is 5.92. The topological polar surface area (TPSA) is 176 Å². The summed E-state index contributed by atoms with van der Waals surface area (Å²) in [6, 6.07) is 8.30. The molecule has 1 heterocycles. The van der Waals surface area contributed by atoms with Gasteiger partial charge in [-0.2, -0.15) is 0 Å². The molecule has 0 aliphatic carbocycles. The molecule has 2 rings (SSSR count). The van der Waals surface area contributed by atoms with E-state index in [0.29, 0.717) is 51.6 Å². The highest BCUT2D eigenvalue weighted by Crippen LogP contribution is 2.19. The van der Waals surface area contributed by atoms with Gasteiger partial charge in [0.05, 0.1) is 12.6 Å². The zero-order valence-corrected chi connectivity index (χ0v) is 32.9. The Kier molecular flexibility index (Phi) is 19.5. The number of carbonyl (C=O) groups is 8. The Bertz CT molecular complexity index is 1460. The van der Waals surface area contributed by atoms with Crippen LogP contribution in [0.1, 0.15) is 111 Å². The van der Waals surface area contributed by atoms with Crippen molar-refractivity contribution in [2.45, 2.75) is 123 Å². The molecule has 0 fully saturated rings. The van der Waals surface area contributed by atoms with Crippen molar-refractivity contribution in [1.82, 2.24) is 20.4 Å². The molecule has 0 bridgehead atoms. The maximum atomic E-state index is 13.7. The fourth-order valence-corrected chi connectivity index (χ4v) is 5.92. The monoisotopic (exact) mass is 752 g/mol. The first-order valence-electron chi connectivity index (χ1n) is 19.1. The number of ketones is 3. The first-order chi connectivity index (χ1) is 25.4. The van der Waals surface area contributed by atoms with Crippen LogP contribution in [0.15, 0.2) is 42.5 Å². The molecule has 0 aromatic heterocycles. The van der Waals surface area contributed by atoms with Crippen molar-refractivity contribution in [3.05, 3.63) is 48.0 Å². The van der Waals surface area contributed by atoms with Gasteiger partial charge >= 0.3 is 6.09 Å². The maximum Gasteiger partial charge on any atom is 0.410 e. The van der Waals surface area contributed by atoms with Gasteiger partial charge in [-0.15, -0.1) is 0 Å². The van der Waals surface area contributed by atoms with Gasteiger partial charge in [-0.05, 0) is 70.8 Å². The second-order valence-corrected chi connectivity index (χ2v) is 15.4. The van der Waals surface area contributed by atoms with E-state index in [9.17, 15) is 38.4 Å². The number of carbonyl (C=O) groups excluding carboxylic acids is 8. The summed E-state index contributed by atoms with van der Waals surface area (Å²) in [5.74, 6) is -2.69. The summed E-state index contributed by atoms with van der Waals surface area (Å²) >= 11 is 0. The minimum Gasteiger partial charge on any atom is -0.444 e. The number of Topliss-reactive ketones (excluding diaryl/α,β-unsaturated/α-hetero) is 3. The minimum atomic E-state index is -0.914. The molecule has 13 heteroatoms. The summed E-state index contributed by atoms with van der Waals surface area (Å²) < 4.78 is 5.34. The van der Waals surface area contributed by atoms with Crippen LogP contribution in [-0.2, 0) is 44.7 Å². The molecule has 0 saturated carbocycles. The zero-order valence-electron chi connectivity index (χ0n) is 32.9. The Balaban J connectivity index is 1.87. The largest absolute Gasteiger partial charge is 0.444 e. The lowest BCUT2D eigenvalue weighted by Gasteiger charge is -2.24. The molecule has 298 valence electrons. The first-order valence-corrected chi connectivity index (χ1v) is 19.1. The molecular formula is C41H60N4O9. The third-order valence-corrected chi connectivity index (χ3v) is 8.81. The van der Waals surface area contributed by atoms with E-state index >= 15 is 0 Å². The average Bonchev–Trinajstić information content (AvgIpc) is 3.42. The molecule has 2 N–H and O–H groups in total. The Morgan fingerprint density at radius 2 is 1.44 bits per heavy atom. The van der Waals surface area contributed by atoms with Crippen molar-refractivity contribution in [3.8, 4) is 0 Å². The Hall–Kier alpha value is -4.68. The third-order valence-electron chi connectivity index (χ3n) is 8.81. The highest BCUT2D eigenvalue weighted by atomic mass is 16.6. The summed E-state index contributed by atoms with van der Waals surface area (Å²) in [6.07, 6.45) is 5.88. The van der Waals surface area contributed by atoms with E-state index in [4.69, 9.17) is 4.74 Å². The van der Waals surface area contributed by atoms with E-state index in [-0.39, 0.29) is 80.2 Å². The van der Waals surface area contributed by atoms with E-state index in [1.165, 1.54) is 22.0 Å². The molecule has 54 heavy (non-hydrogen) atoms. The van der Waals surface area contributed by atoms with Crippen LogP contribution in [0.5, 0.6) is 0 Å². The van der Waals surface area contributed by atoms with Gasteiger partial charge in [0.2, 0.25) is 11.8 Å². The van der Waals surface area contributed by atoms with Crippen LogP contribution in [0.4, 0.5) is 4.79 Å². The summed E-state index contributed by atoms with van der Waals surface area (Å²) in [7, 11) is 1.64. The van der Waals surface area contributed by atoms with E-state index in [1.807, 2.05) is 44.2 Å². The number of nitrogens with zero attached hydrogens (tertiary/aromatic N) is 2. The number of benzene rings is 1. The molecule has 13 nitrogen and oxygen atoms in total.